The zero-order chi connectivity index (χ0) is 18.7. The lowest BCUT2D eigenvalue weighted by molar-refractivity contribution is 0.0694. The normalized spacial score (nSPS) is 10.7. The summed E-state index contributed by atoms with van der Waals surface area (Å²) in [4.78, 5) is 38.4. The van der Waals surface area contributed by atoms with E-state index in [-0.39, 0.29) is 29.6 Å². The number of ketones is 1. The van der Waals surface area contributed by atoms with Gasteiger partial charge in [-0.25, -0.2) is 4.79 Å². The molecular weight excluding hydrogens is 324 g/mol. The van der Waals surface area contributed by atoms with Crippen molar-refractivity contribution in [2.45, 2.75) is 47.1 Å². The lowest BCUT2D eigenvalue weighted by Crippen LogP contribution is -2.24. The molecule has 0 aromatic carbocycles. The van der Waals surface area contributed by atoms with Crippen LogP contribution >= 0.6 is 0 Å². The Balaban J connectivity index is 2.21. The molecule has 0 radical (unpaired) electrons. The number of hydrogen-bond donors (Lipinski definition) is 3. The van der Waals surface area contributed by atoms with Gasteiger partial charge < -0.3 is 19.8 Å². The summed E-state index contributed by atoms with van der Waals surface area (Å²) < 4.78 is 5.35. The van der Waals surface area contributed by atoms with E-state index in [2.05, 4.69) is 10.3 Å². The average Bonchev–Trinajstić information content (AvgIpc) is 3.05. The molecule has 2 aromatic heterocycles. The first-order chi connectivity index (χ1) is 11.8. The summed E-state index contributed by atoms with van der Waals surface area (Å²) in [7, 11) is 0. The van der Waals surface area contributed by atoms with E-state index in [9.17, 15) is 14.4 Å². The highest BCUT2D eigenvalue weighted by Crippen LogP contribution is 2.22. The number of Topliss-reactive ketones (excluding diaryl/α,β-unsaturated/α-hetero) is 1. The minimum absolute atomic E-state index is 0.0615. The van der Waals surface area contributed by atoms with Gasteiger partial charge in [0.05, 0.1) is 6.54 Å². The van der Waals surface area contributed by atoms with Crippen LogP contribution in [0, 0.1) is 13.8 Å². The van der Waals surface area contributed by atoms with Crippen LogP contribution in [0.4, 0.5) is 0 Å². The van der Waals surface area contributed by atoms with Crippen LogP contribution in [0.25, 0.3) is 0 Å². The van der Waals surface area contributed by atoms with Crippen molar-refractivity contribution in [3.8, 4) is 0 Å². The van der Waals surface area contributed by atoms with E-state index in [1.54, 1.807) is 13.8 Å². The zero-order valence-electron chi connectivity index (χ0n) is 14.8. The first-order valence-electron chi connectivity index (χ1n) is 8.09. The predicted octanol–water partition coefficient (Wildman–Crippen LogP) is 3.01. The maximum atomic E-state index is 12.5. The summed E-state index contributed by atoms with van der Waals surface area (Å²) in [6, 6.07) is 1.39. The fourth-order valence-corrected chi connectivity index (χ4v) is 2.95. The molecule has 1 amide bonds. The minimum atomic E-state index is -1.07. The monoisotopic (exact) mass is 346 g/mol. The third-order valence-electron chi connectivity index (χ3n) is 3.99. The van der Waals surface area contributed by atoms with Crippen LogP contribution in [0.2, 0.25) is 0 Å². The molecule has 0 saturated carbocycles. The van der Waals surface area contributed by atoms with Crippen molar-refractivity contribution >= 4 is 17.7 Å². The third-order valence-corrected chi connectivity index (χ3v) is 3.99. The number of carboxylic acids is 1. The zero-order valence-corrected chi connectivity index (χ0v) is 14.8. The number of furan rings is 1. The van der Waals surface area contributed by atoms with Crippen molar-refractivity contribution in [2.24, 2.45) is 0 Å². The van der Waals surface area contributed by atoms with Crippen LogP contribution in [0.15, 0.2) is 10.5 Å². The number of carbonyl (C=O) groups excluding carboxylic acids is 2. The van der Waals surface area contributed by atoms with Crippen molar-refractivity contribution in [1.82, 2.24) is 10.3 Å². The van der Waals surface area contributed by atoms with Gasteiger partial charge in [-0.15, -0.1) is 0 Å². The average molecular weight is 346 g/mol. The number of amides is 1. The number of rotatable bonds is 7. The predicted molar refractivity (Wildman–Crippen MR) is 91.1 cm³/mol. The number of hydrogen-bond acceptors (Lipinski definition) is 4. The number of aromatic amines is 1. The fraction of sp³-hybridized carbons (Fsp3) is 0.389. The Morgan fingerprint density at radius 1 is 1.28 bits per heavy atom. The molecule has 0 aliphatic heterocycles. The second kappa shape index (κ2) is 7.38. The highest BCUT2D eigenvalue weighted by atomic mass is 16.4. The molecule has 0 atom stereocenters. The Kier molecular flexibility index (Phi) is 5.46. The molecule has 3 N–H and O–H groups in total. The maximum Gasteiger partial charge on any atom is 0.339 e. The highest BCUT2D eigenvalue weighted by molar-refractivity contribution is 6.02. The van der Waals surface area contributed by atoms with Gasteiger partial charge in [0.2, 0.25) is 0 Å². The van der Waals surface area contributed by atoms with Crippen LogP contribution in [0.5, 0.6) is 0 Å². The second-order valence-electron chi connectivity index (χ2n) is 5.96. The molecule has 0 fully saturated rings. The van der Waals surface area contributed by atoms with Crippen LogP contribution in [-0.2, 0) is 13.0 Å². The summed E-state index contributed by atoms with van der Waals surface area (Å²) in [5.74, 6) is -0.863. The van der Waals surface area contributed by atoms with Crippen LogP contribution in [0.1, 0.15) is 74.3 Å². The highest BCUT2D eigenvalue weighted by Gasteiger charge is 2.22. The Bertz CT molecular complexity index is 829. The Hall–Kier alpha value is -2.83. The summed E-state index contributed by atoms with van der Waals surface area (Å²) in [5, 5.41) is 11.7. The van der Waals surface area contributed by atoms with Gasteiger partial charge in [0.15, 0.2) is 5.78 Å². The van der Waals surface area contributed by atoms with Gasteiger partial charge in [-0.1, -0.05) is 13.3 Å². The molecule has 2 rings (SSSR count). The number of H-pyrrole nitrogens is 1. The van der Waals surface area contributed by atoms with Gasteiger partial charge in [0.1, 0.15) is 22.8 Å². The molecule has 134 valence electrons. The quantitative estimate of drug-likeness (QED) is 0.667. The van der Waals surface area contributed by atoms with Gasteiger partial charge in [0, 0.05) is 11.3 Å². The number of aryl methyl sites for hydroxylation is 2. The van der Waals surface area contributed by atoms with E-state index in [0.29, 0.717) is 34.7 Å². The van der Waals surface area contributed by atoms with Crippen molar-refractivity contribution in [3.63, 3.8) is 0 Å². The lowest BCUT2D eigenvalue weighted by Gasteiger charge is -2.06. The topological polar surface area (TPSA) is 112 Å². The Labute approximate surface area is 145 Å². The minimum Gasteiger partial charge on any atom is -0.478 e. The molecule has 7 nitrogen and oxygen atoms in total. The maximum absolute atomic E-state index is 12.5. The number of carbonyl (C=O) groups is 3. The van der Waals surface area contributed by atoms with Gasteiger partial charge in [-0.2, -0.15) is 0 Å². The number of aromatic carboxylic acids is 1. The van der Waals surface area contributed by atoms with E-state index >= 15 is 0 Å². The fourth-order valence-electron chi connectivity index (χ4n) is 2.95. The molecule has 0 spiro atoms. The van der Waals surface area contributed by atoms with Crippen molar-refractivity contribution in [1.29, 1.82) is 0 Å². The van der Waals surface area contributed by atoms with E-state index in [1.807, 2.05) is 6.92 Å². The van der Waals surface area contributed by atoms with Crippen LogP contribution < -0.4 is 5.32 Å². The molecule has 2 heterocycles. The largest absolute Gasteiger partial charge is 0.478 e. The first kappa shape index (κ1) is 18.5. The Morgan fingerprint density at radius 3 is 2.48 bits per heavy atom. The third kappa shape index (κ3) is 3.81. The molecule has 0 saturated heterocycles. The molecule has 0 aliphatic carbocycles. The molecule has 2 aromatic rings. The van der Waals surface area contributed by atoms with Gasteiger partial charge in [-0.3, -0.25) is 9.59 Å². The van der Waals surface area contributed by atoms with E-state index in [0.717, 1.165) is 6.42 Å². The van der Waals surface area contributed by atoms with E-state index in [1.165, 1.54) is 13.0 Å². The molecule has 25 heavy (non-hydrogen) atoms. The van der Waals surface area contributed by atoms with Crippen molar-refractivity contribution in [3.05, 3.63) is 45.7 Å². The first-order valence-corrected chi connectivity index (χ1v) is 8.09. The molecule has 0 aliphatic rings. The standard InChI is InChI=1S/C18H22N2O5/c1-5-6-13-15(10(3)21)9(2)20-16(13)17(22)19-8-12-7-14(18(23)24)11(4)25-12/h7,20H,5-6,8H2,1-4H3,(H,19,22)(H,23,24). The van der Waals surface area contributed by atoms with E-state index < -0.39 is 5.97 Å². The second-order valence-corrected chi connectivity index (χ2v) is 5.96. The molecule has 0 unspecified atom stereocenters. The summed E-state index contributed by atoms with van der Waals surface area (Å²) in [6.45, 7) is 6.85. The van der Waals surface area contributed by atoms with Gasteiger partial charge in [0.25, 0.3) is 5.91 Å². The lowest BCUT2D eigenvalue weighted by atomic mass is 10.0. The number of aromatic nitrogens is 1. The van der Waals surface area contributed by atoms with Crippen LogP contribution in [-0.4, -0.2) is 27.8 Å². The van der Waals surface area contributed by atoms with Crippen molar-refractivity contribution < 1.29 is 23.9 Å². The summed E-state index contributed by atoms with van der Waals surface area (Å²) >= 11 is 0. The molecular formula is C18H22N2O5. The van der Waals surface area contributed by atoms with Crippen LogP contribution in [0.3, 0.4) is 0 Å². The number of carboxylic acid groups (broad SMARTS) is 1. The molecule has 0 bridgehead atoms. The summed E-state index contributed by atoms with van der Waals surface area (Å²) in [6.07, 6.45) is 1.42. The smallest absolute Gasteiger partial charge is 0.339 e. The van der Waals surface area contributed by atoms with Gasteiger partial charge >= 0.3 is 5.97 Å². The Morgan fingerprint density at radius 2 is 1.96 bits per heavy atom. The number of nitrogens with one attached hydrogen (secondary N) is 2. The summed E-state index contributed by atoms with van der Waals surface area (Å²) in [5.41, 5.74) is 2.39. The SMILES string of the molecule is CCCc1c(C(=O)NCc2cc(C(=O)O)c(C)o2)[nH]c(C)c1C(C)=O. The van der Waals surface area contributed by atoms with Crippen molar-refractivity contribution in [2.75, 3.05) is 0 Å². The van der Waals surface area contributed by atoms with E-state index in [4.69, 9.17) is 9.52 Å². The molecule has 7 heteroatoms. The van der Waals surface area contributed by atoms with Gasteiger partial charge in [-0.05, 0) is 38.8 Å².